The van der Waals surface area contributed by atoms with Gasteiger partial charge in [0.25, 0.3) is 0 Å². The highest BCUT2D eigenvalue weighted by molar-refractivity contribution is 9.08. The fourth-order valence-corrected chi connectivity index (χ4v) is 2.80. The van der Waals surface area contributed by atoms with Crippen LogP contribution in [0.25, 0.3) is 0 Å². The van der Waals surface area contributed by atoms with Gasteiger partial charge >= 0.3 is 5.69 Å². The van der Waals surface area contributed by atoms with Gasteiger partial charge in [0, 0.05) is 21.5 Å². The summed E-state index contributed by atoms with van der Waals surface area (Å²) in [6, 6.07) is 10.2. The minimum Gasteiger partial charge on any atom is -0.450 e. The summed E-state index contributed by atoms with van der Waals surface area (Å²) in [5, 5.41) is 12.2. The van der Waals surface area contributed by atoms with Crippen molar-refractivity contribution in [1.29, 1.82) is 0 Å². The topological polar surface area (TPSA) is 52.4 Å². The molecular weight excluding hydrogens is 346 g/mol. The van der Waals surface area contributed by atoms with E-state index < -0.39 is 4.92 Å². The fourth-order valence-electron chi connectivity index (χ4n) is 1.83. The van der Waals surface area contributed by atoms with Gasteiger partial charge < -0.3 is 4.74 Å². The van der Waals surface area contributed by atoms with Crippen LogP contribution >= 0.6 is 27.5 Å². The van der Waals surface area contributed by atoms with E-state index >= 15 is 0 Å². The average Bonchev–Trinajstić information content (AvgIpc) is 2.38. The van der Waals surface area contributed by atoms with E-state index in [0.29, 0.717) is 21.7 Å². The van der Waals surface area contributed by atoms with Gasteiger partial charge in [-0.25, -0.2) is 0 Å². The van der Waals surface area contributed by atoms with Gasteiger partial charge in [-0.05, 0) is 25.1 Å². The third-order valence-electron chi connectivity index (χ3n) is 2.81. The van der Waals surface area contributed by atoms with Crippen molar-refractivity contribution in [2.24, 2.45) is 0 Å². The van der Waals surface area contributed by atoms with E-state index in [0.717, 1.165) is 5.56 Å². The highest BCUT2D eigenvalue weighted by atomic mass is 79.9. The molecule has 6 heteroatoms. The summed E-state index contributed by atoms with van der Waals surface area (Å²) < 4.78 is 5.70. The van der Waals surface area contributed by atoms with E-state index in [1.54, 1.807) is 43.3 Å². The summed E-state index contributed by atoms with van der Waals surface area (Å²) in [5.41, 5.74) is 1.27. The summed E-state index contributed by atoms with van der Waals surface area (Å²) in [5.74, 6) is 0.711. The van der Waals surface area contributed by atoms with E-state index in [2.05, 4.69) is 15.9 Å². The largest absolute Gasteiger partial charge is 0.450 e. The molecule has 0 bridgehead atoms. The molecule has 2 aromatic rings. The molecule has 0 aliphatic rings. The van der Waals surface area contributed by atoms with Gasteiger partial charge in [0.1, 0.15) is 5.75 Å². The third-order valence-corrected chi connectivity index (χ3v) is 3.73. The number of halogens is 2. The van der Waals surface area contributed by atoms with Crippen molar-refractivity contribution in [3.8, 4) is 11.5 Å². The van der Waals surface area contributed by atoms with Crippen molar-refractivity contribution in [2.75, 3.05) is 0 Å². The molecule has 0 fully saturated rings. The smallest absolute Gasteiger partial charge is 0.314 e. The number of aryl methyl sites for hydroxylation is 1. The molecule has 0 radical (unpaired) electrons. The van der Waals surface area contributed by atoms with E-state index in [-0.39, 0.29) is 11.4 Å². The second kappa shape index (κ2) is 6.24. The van der Waals surface area contributed by atoms with Crippen LogP contribution in [0.3, 0.4) is 0 Å². The highest BCUT2D eigenvalue weighted by Gasteiger charge is 2.20. The number of hydrogen-bond acceptors (Lipinski definition) is 3. The summed E-state index contributed by atoms with van der Waals surface area (Å²) in [7, 11) is 0. The first kappa shape index (κ1) is 14.8. The number of nitro groups is 1. The molecule has 0 aliphatic heterocycles. The van der Waals surface area contributed by atoms with Crippen LogP contribution in [0.4, 0.5) is 5.69 Å². The number of benzene rings is 2. The third kappa shape index (κ3) is 2.94. The van der Waals surface area contributed by atoms with E-state index in [1.807, 2.05) is 0 Å². The molecule has 20 heavy (non-hydrogen) atoms. The summed E-state index contributed by atoms with van der Waals surface area (Å²) in [6.45, 7) is 1.67. The Hall–Kier alpha value is -1.59. The predicted octanol–water partition coefficient (Wildman–Crippen LogP) is 5.24. The quantitative estimate of drug-likeness (QED) is 0.427. The van der Waals surface area contributed by atoms with E-state index in [4.69, 9.17) is 16.3 Å². The van der Waals surface area contributed by atoms with Gasteiger partial charge in [0.15, 0.2) is 0 Å². The Morgan fingerprint density at radius 3 is 2.55 bits per heavy atom. The Balaban J connectivity index is 2.48. The Bertz CT molecular complexity index is 661. The predicted molar refractivity (Wildman–Crippen MR) is 82.0 cm³/mol. The lowest BCUT2D eigenvalue weighted by molar-refractivity contribution is -0.386. The lowest BCUT2D eigenvalue weighted by atomic mass is 10.2. The van der Waals surface area contributed by atoms with Crippen molar-refractivity contribution in [3.63, 3.8) is 0 Å². The van der Waals surface area contributed by atoms with Crippen LogP contribution in [-0.2, 0) is 5.33 Å². The molecule has 0 amide bonds. The summed E-state index contributed by atoms with van der Waals surface area (Å²) >= 11 is 9.42. The Morgan fingerprint density at radius 2 is 1.90 bits per heavy atom. The fraction of sp³-hybridized carbons (Fsp3) is 0.143. The van der Waals surface area contributed by atoms with Gasteiger partial charge in [0.05, 0.1) is 4.92 Å². The average molecular weight is 357 g/mol. The van der Waals surface area contributed by atoms with Crippen LogP contribution in [-0.4, -0.2) is 4.92 Å². The minimum atomic E-state index is -0.441. The van der Waals surface area contributed by atoms with Crippen molar-refractivity contribution in [1.82, 2.24) is 0 Å². The molecule has 0 heterocycles. The van der Waals surface area contributed by atoms with Gasteiger partial charge in [-0.1, -0.05) is 45.7 Å². The molecule has 0 spiro atoms. The normalized spacial score (nSPS) is 10.3. The van der Waals surface area contributed by atoms with Gasteiger partial charge in [-0.2, -0.15) is 0 Å². The molecule has 4 nitrogen and oxygen atoms in total. The maximum Gasteiger partial charge on any atom is 0.314 e. The van der Waals surface area contributed by atoms with Crippen LogP contribution in [0.15, 0.2) is 36.4 Å². The van der Waals surface area contributed by atoms with Crippen LogP contribution < -0.4 is 4.74 Å². The molecule has 0 saturated carbocycles. The Morgan fingerprint density at radius 1 is 1.25 bits per heavy atom. The first-order chi connectivity index (χ1) is 9.54. The molecule has 2 rings (SSSR count). The van der Waals surface area contributed by atoms with E-state index in [9.17, 15) is 10.1 Å². The standard InChI is InChI=1S/C14H11BrClNO3/c1-9-4-2-7-13(14(9)17(18)19)20-12-6-3-5-11(16)10(12)8-15/h2-7H,8H2,1H3. The second-order valence-electron chi connectivity index (χ2n) is 4.13. The lowest BCUT2D eigenvalue weighted by Gasteiger charge is -2.11. The monoisotopic (exact) mass is 355 g/mol. The molecule has 0 aromatic heterocycles. The zero-order chi connectivity index (χ0) is 14.7. The number of ether oxygens (including phenoxy) is 1. The first-order valence-electron chi connectivity index (χ1n) is 5.79. The van der Waals surface area contributed by atoms with E-state index in [1.165, 1.54) is 0 Å². The Kier molecular flexibility index (Phi) is 4.62. The number of alkyl halides is 1. The minimum absolute atomic E-state index is 0.0343. The highest BCUT2D eigenvalue weighted by Crippen LogP contribution is 2.37. The summed E-state index contributed by atoms with van der Waals surface area (Å²) in [4.78, 5) is 10.7. The maximum atomic E-state index is 11.1. The molecule has 2 aromatic carbocycles. The van der Waals surface area contributed by atoms with Crippen molar-refractivity contribution >= 4 is 33.2 Å². The lowest BCUT2D eigenvalue weighted by Crippen LogP contribution is -1.97. The number of hydrogen-bond donors (Lipinski definition) is 0. The molecule has 104 valence electrons. The Labute approximate surface area is 129 Å². The van der Waals surface area contributed by atoms with Crippen LogP contribution in [0.2, 0.25) is 5.02 Å². The number of nitrogens with zero attached hydrogens (tertiary/aromatic N) is 1. The zero-order valence-electron chi connectivity index (χ0n) is 10.6. The molecule has 0 atom stereocenters. The number of nitro benzene ring substituents is 1. The van der Waals surface area contributed by atoms with Crippen LogP contribution in [0.5, 0.6) is 11.5 Å². The van der Waals surface area contributed by atoms with Crippen molar-refractivity contribution in [2.45, 2.75) is 12.3 Å². The molecular formula is C14H11BrClNO3. The number of rotatable bonds is 4. The SMILES string of the molecule is Cc1cccc(Oc2cccc(Cl)c2CBr)c1[N+](=O)[O-]. The molecule has 0 unspecified atom stereocenters. The van der Waals surface area contributed by atoms with Crippen molar-refractivity contribution in [3.05, 3.63) is 62.7 Å². The number of para-hydroxylation sites is 1. The van der Waals surface area contributed by atoms with Crippen LogP contribution in [0, 0.1) is 17.0 Å². The molecule has 0 saturated heterocycles. The molecule has 0 N–H and O–H groups in total. The van der Waals surface area contributed by atoms with Gasteiger partial charge in [-0.15, -0.1) is 0 Å². The molecule has 0 aliphatic carbocycles. The van der Waals surface area contributed by atoms with Gasteiger partial charge in [-0.3, -0.25) is 10.1 Å². The second-order valence-corrected chi connectivity index (χ2v) is 5.10. The van der Waals surface area contributed by atoms with Gasteiger partial charge in [0.2, 0.25) is 5.75 Å². The van der Waals surface area contributed by atoms with Crippen LogP contribution in [0.1, 0.15) is 11.1 Å². The zero-order valence-corrected chi connectivity index (χ0v) is 12.9. The maximum absolute atomic E-state index is 11.1. The van der Waals surface area contributed by atoms with Crippen molar-refractivity contribution < 1.29 is 9.66 Å². The first-order valence-corrected chi connectivity index (χ1v) is 7.29. The summed E-state index contributed by atoms with van der Waals surface area (Å²) in [6.07, 6.45) is 0.